The van der Waals surface area contributed by atoms with Crippen molar-refractivity contribution in [2.45, 2.75) is 25.2 Å². The van der Waals surface area contributed by atoms with Gasteiger partial charge in [0.25, 0.3) is 11.8 Å². The summed E-state index contributed by atoms with van der Waals surface area (Å²) < 4.78 is 9.87. The van der Waals surface area contributed by atoms with E-state index in [9.17, 15) is 19.2 Å². The fraction of sp³-hybridized carbons (Fsp3) is 0.233. The van der Waals surface area contributed by atoms with Crippen LogP contribution in [-0.4, -0.2) is 54.7 Å². The third-order valence-corrected chi connectivity index (χ3v) is 7.06. The zero-order chi connectivity index (χ0) is 27.6. The van der Waals surface area contributed by atoms with Crippen LogP contribution < -0.4 is 5.43 Å². The molecule has 0 unspecified atom stereocenters. The van der Waals surface area contributed by atoms with Crippen LogP contribution in [0.25, 0.3) is 11.1 Å². The Morgan fingerprint density at radius 1 is 0.897 bits per heavy atom. The predicted molar refractivity (Wildman–Crippen MR) is 143 cm³/mol. The molecule has 3 aromatic carbocycles. The molecule has 1 fully saturated rings. The van der Waals surface area contributed by atoms with Crippen LogP contribution in [0.2, 0.25) is 0 Å². The Labute approximate surface area is 225 Å². The monoisotopic (exact) mass is 525 g/mol. The lowest BCUT2D eigenvalue weighted by Crippen LogP contribution is -2.36. The quantitative estimate of drug-likeness (QED) is 0.203. The summed E-state index contributed by atoms with van der Waals surface area (Å²) in [6.07, 6.45) is 0.820. The molecule has 1 aliphatic heterocycles. The lowest BCUT2D eigenvalue weighted by molar-refractivity contribution is -0.143. The van der Waals surface area contributed by atoms with Crippen molar-refractivity contribution >= 4 is 29.6 Å². The van der Waals surface area contributed by atoms with Gasteiger partial charge in [0.1, 0.15) is 0 Å². The van der Waals surface area contributed by atoms with E-state index in [0.717, 1.165) is 34.4 Å². The molecular formula is C30H27N3O6. The van der Waals surface area contributed by atoms with E-state index in [0.29, 0.717) is 22.4 Å². The number of benzene rings is 3. The van der Waals surface area contributed by atoms with Crippen LogP contribution in [0.5, 0.6) is 0 Å². The van der Waals surface area contributed by atoms with Crippen LogP contribution in [0.1, 0.15) is 51.6 Å². The van der Waals surface area contributed by atoms with E-state index in [1.165, 1.54) is 7.11 Å². The lowest BCUT2D eigenvalue weighted by Gasteiger charge is -2.16. The molecule has 39 heavy (non-hydrogen) atoms. The number of amides is 3. The maximum Gasteiger partial charge on any atom is 0.427 e. The number of ether oxygens (including phenoxy) is 2. The molecule has 198 valence electrons. The molecule has 0 atom stereocenters. The van der Waals surface area contributed by atoms with Crippen molar-refractivity contribution in [2.75, 3.05) is 20.3 Å². The van der Waals surface area contributed by atoms with E-state index in [-0.39, 0.29) is 19.1 Å². The maximum absolute atomic E-state index is 12.9. The summed E-state index contributed by atoms with van der Waals surface area (Å²) in [7, 11) is 1.41. The highest BCUT2D eigenvalue weighted by atomic mass is 16.5. The first-order valence-electron chi connectivity index (χ1n) is 12.6. The van der Waals surface area contributed by atoms with Crippen LogP contribution in [0.3, 0.4) is 0 Å². The zero-order valence-corrected chi connectivity index (χ0v) is 21.6. The predicted octanol–water partition coefficient (Wildman–Crippen LogP) is 4.30. The van der Waals surface area contributed by atoms with Gasteiger partial charge in [0.05, 0.1) is 42.5 Å². The summed E-state index contributed by atoms with van der Waals surface area (Å²) in [4.78, 5) is 51.1. The Balaban J connectivity index is 1.38. The van der Waals surface area contributed by atoms with Crippen molar-refractivity contribution in [1.82, 2.24) is 10.3 Å². The molecule has 3 aromatic rings. The van der Waals surface area contributed by atoms with Crippen LogP contribution in [0.4, 0.5) is 4.79 Å². The molecule has 1 saturated carbocycles. The van der Waals surface area contributed by atoms with Crippen molar-refractivity contribution in [3.05, 3.63) is 95.1 Å². The molecule has 0 aromatic heterocycles. The Morgan fingerprint density at radius 2 is 1.46 bits per heavy atom. The normalized spacial score (nSPS) is 15.5. The van der Waals surface area contributed by atoms with Gasteiger partial charge in [-0.3, -0.25) is 19.3 Å². The van der Waals surface area contributed by atoms with Crippen LogP contribution in [0.15, 0.2) is 77.9 Å². The third-order valence-electron chi connectivity index (χ3n) is 7.06. The van der Waals surface area contributed by atoms with Gasteiger partial charge < -0.3 is 9.47 Å². The second kappa shape index (κ2) is 10.5. The Morgan fingerprint density at radius 3 is 1.97 bits per heavy atom. The van der Waals surface area contributed by atoms with Gasteiger partial charge in [-0.2, -0.15) is 5.10 Å². The van der Waals surface area contributed by atoms with Crippen LogP contribution in [0, 0.1) is 0 Å². The van der Waals surface area contributed by atoms with Crippen LogP contribution >= 0.6 is 0 Å². The fourth-order valence-corrected chi connectivity index (χ4v) is 4.77. The molecule has 3 amide bonds. The summed E-state index contributed by atoms with van der Waals surface area (Å²) in [5.74, 6) is -1.05. The SMILES string of the molecule is CCOC(=O)NN=C(CN1C(=O)c2ccccc2C1=O)c1ccc(-c2ccc(C3(C(=O)OC)CC3)cc2)cc1. The number of esters is 1. The number of hydrogen-bond acceptors (Lipinski definition) is 7. The van der Waals surface area contributed by atoms with E-state index in [1.807, 2.05) is 48.5 Å². The van der Waals surface area contributed by atoms with Gasteiger partial charge in [-0.05, 0) is 54.2 Å². The zero-order valence-electron chi connectivity index (χ0n) is 21.6. The van der Waals surface area contributed by atoms with E-state index >= 15 is 0 Å². The molecule has 0 saturated heterocycles. The number of hydrazone groups is 1. The molecular weight excluding hydrogens is 498 g/mol. The van der Waals surface area contributed by atoms with Crippen molar-refractivity contribution < 1.29 is 28.7 Å². The van der Waals surface area contributed by atoms with Crippen molar-refractivity contribution in [3.8, 4) is 11.1 Å². The first-order valence-corrected chi connectivity index (χ1v) is 12.6. The number of nitrogens with zero attached hydrogens (tertiary/aromatic N) is 2. The summed E-state index contributed by atoms with van der Waals surface area (Å²) in [5.41, 5.74) is 6.22. The average Bonchev–Trinajstić information content (AvgIpc) is 3.75. The average molecular weight is 526 g/mol. The van der Waals surface area contributed by atoms with Gasteiger partial charge in [-0.1, -0.05) is 60.7 Å². The number of methoxy groups -OCH3 is 1. The first-order chi connectivity index (χ1) is 18.9. The van der Waals surface area contributed by atoms with Crippen molar-refractivity contribution in [1.29, 1.82) is 0 Å². The molecule has 2 aliphatic rings. The largest absolute Gasteiger partial charge is 0.468 e. The minimum absolute atomic E-state index is 0.137. The molecule has 1 N–H and O–H groups in total. The van der Waals surface area contributed by atoms with E-state index in [1.54, 1.807) is 31.2 Å². The topological polar surface area (TPSA) is 114 Å². The number of hydrogen-bond donors (Lipinski definition) is 1. The molecule has 5 rings (SSSR count). The summed E-state index contributed by atoms with van der Waals surface area (Å²) >= 11 is 0. The Bertz CT molecular complexity index is 1440. The first kappa shape index (κ1) is 25.8. The molecule has 0 radical (unpaired) electrons. The molecule has 9 heteroatoms. The second-order valence-corrected chi connectivity index (χ2v) is 9.36. The number of fused-ring (bicyclic) bond motifs is 1. The standard InChI is InChI=1S/C30H27N3O6/c1-3-39-29(37)32-31-25(18-33-26(34)23-6-4-5-7-24(23)27(33)35)21-10-8-19(9-11-21)20-12-14-22(15-13-20)30(16-17-30)28(36)38-2/h4-15H,3,16-18H2,1-2H3,(H,32,37). The maximum atomic E-state index is 12.9. The minimum atomic E-state index is -0.741. The number of imide groups is 1. The Hall–Kier alpha value is -4.79. The number of carbonyl (C=O) groups is 4. The number of nitrogens with one attached hydrogen (secondary N) is 1. The van der Waals surface area contributed by atoms with E-state index in [4.69, 9.17) is 9.47 Å². The number of carbonyl (C=O) groups excluding carboxylic acids is 4. The fourth-order valence-electron chi connectivity index (χ4n) is 4.77. The van der Waals surface area contributed by atoms with Gasteiger partial charge in [0, 0.05) is 0 Å². The third kappa shape index (κ3) is 4.90. The van der Waals surface area contributed by atoms with Crippen molar-refractivity contribution in [2.24, 2.45) is 5.10 Å². The van der Waals surface area contributed by atoms with E-state index < -0.39 is 23.3 Å². The second-order valence-electron chi connectivity index (χ2n) is 9.36. The molecule has 1 heterocycles. The van der Waals surface area contributed by atoms with Gasteiger partial charge in [-0.25, -0.2) is 10.2 Å². The summed E-state index contributed by atoms with van der Waals surface area (Å²) in [6.45, 7) is 1.71. The minimum Gasteiger partial charge on any atom is -0.468 e. The highest BCUT2D eigenvalue weighted by Gasteiger charge is 2.52. The lowest BCUT2D eigenvalue weighted by atomic mass is 9.93. The molecule has 0 bridgehead atoms. The highest BCUT2D eigenvalue weighted by molar-refractivity contribution is 6.23. The molecule has 9 nitrogen and oxygen atoms in total. The number of rotatable bonds is 8. The van der Waals surface area contributed by atoms with Crippen molar-refractivity contribution in [3.63, 3.8) is 0 Å². The summed E-state index contributed by atoms with van der Waals surface area (Å²) in [5, 5.41) is 4.18. The van der Waals surface area contributed by atoms with Crippen LogP contribution in [-0.2, 0) is 19.7 Å². The highest BCUT2D eigenvalue weighted by Crippen LogP contribution is 2.49. The van der Waals surface area contributed by atoms with E-state index in [2.05, 4.69) is 10.5 Å². The Kier molecular flexibility index (Phi) is 6.98. The van der Waals surface area contributed by atoms with Gasteiger partial charge in [-0.15, -0.1) is 0 Å². The molecule has 1 aliphatic carbocycles. The molecule has 0 spiro atoms. The van der Waals surface area contributed by atoms with Gasteiger partial charge in [0.2, 0.25) is 0 Å². The summed E-state index contributed by atoms with van der Waals surface area (Å²) in [6, 6.07) is 21.8. The smallest absolute Gasteiger partial charge is 0.427 e. The van der Waals surface area contributed by atoms with Gasteiger partial charge in [0.15, 0.2) is 0 Å². The van der Waals surface area contributed by atoms with Gasteiger partial charge >= 0.3 is 12.1 Å².